The van der Waals surface area contributed by atoms with Crippen molar-refractivity contribution in [1.29, 1.82) is 0 Å². The van der Waals surface area contributed by atoms with Crippen LogP contribution in [0.2, 0.25) is 0 Å². The second-order valence-electron chi connectivity index (χ2n) is 4.86. The smallest absolute Gasteiger partial charge is 0.0722 e. The molecule has 3 nitrogen and oxygen atoms in total. The number of rotatable bonds is 1. The number of nitrogens with two attached hydrogens (primary N) is 1. The van der Waals surface area contributed by atoms with Gasteiger partial charge in [0.25, 0.3) is 0 Å². The van der Waals surface area contributed by atoms with E-state index < -0.39 is 0 Å². The Morgan fingerprint density at radius 3 is 2.75 bits per heavy atom. The van der Waals surface area contributed by atoms with Gasteiger partial charge in [0, 0.05) is 35.9 Å². The summed E-state index contributed by atoms with van der Waals surface area (Å²) < 4.78 is 0. The molecule has 1 aliphatic heterocycles. The molecule has 0 unspecified atom stereocenters. The van der Waals surface area contributed by atoms with E-state index >= 15 is 0 Å². The van der Waals surface area contributed by atoms with E-state index in [4.69, 9.17) is 5.73 Å². The second-order valence-corrected chi connectivity index (χ2v) is 4.86. The first kappa shape index (κ1) is 9.60. The van der Waals surface area contributed by atoms with Crippen molar-refractivity contribution in [2.75, 3.05) is 18.0 Å². The molecule has 0 atom stereocenters. The van der Waals surface area contributed by atoms with Gasteiger partial charge in [0.2, 0.25) is 0 Å². The van der Waals surface area contributed by atoms with Crippen molar-refractivity contribution in [2.45, 2.75) is 12.5 Å². The number of para-hydroxylation sites is 1. The molecule has 0 radical (unpaired) electrons. The maximum absolute atomic E-state index is 6.04. The van der Waals surface area contributed by atoms with Gasteiger partial charge in [-0.15, -0.1) is 0 Å². The summed E-state index contributed by atoms with van der Waals surface area (Å²) in [6.07, 6.45) is 1.86. The topological polar surface area (TPSA) is 42.1 Å². The van der Waals surface area contributed by atoms with Crippen LogP contribution in [0.5, 0.6) is 0 Å². The predicted octanol–water partition coefficient (Wildman–Crippen LogP) is 1.77. The van der Waals surface area contributed by atoms with E-state index in [9.17, 15) is 0 Å². The van der Waals surface area contributed by atoms with E-state index in [1.54, 1.807) is 0 Å². The molecule has 1 saturated heterocycles. The molecule has 1 aromatic heterocycles. The third-order valence-corrected chi connectivity index (χ3v) is 3.07. The Kier molecular flexibility index (Phi) is 1.91. The van der Waals surface area contributed by atoms with Gasteiger partial charge >= 0.3 is 0 Å². The van der Waals surface area contributed by atoms with Crippen LogP contribution in [0.3, 0.4) is 0 Å². The molecular weight excluding hydrogens is 198 g/mol. The number of benzene rings is 1. The molecular formula is C13H15N3. The summed E-state index contributed by atoms with van der Waals surface area (Å²) >= 11 is 0. The minimum absolute atomic E-state index is 0.0373. The molecule has 3 rings (SSSR count). The predicted molar refractivity (Wildman–Crippen MR) is 66.5 cm³/mol. The van der Waals surface area contributed by atoms with Crippen molar-refractivity contribution >= 4 is 16.6 Å². The molecule has 0 bridgehead atoms. The number of pyridine rings is 1. The van der Waals surface area contributed by atoms with Crippen molar-refractivity contribution in [3.8, 4) is 0 Å². The third-order valence-electron chi connectivity index (χ3n) is 3.07. The van der Waals surface area contributed by atoms with Gasteiger partial charge in [0.15, 0.2) is 0 Å². The Morgan fingerprint density at radius 2 is 2.00 bits per heavy atom. The summed E-state index contributed by atoms with van der Waals surface area (Å²) in [5.74, 6) is 0. The lowest BCUT2D eigenvalue weighted by Gasteiger charge is -2.47. The number of anilines is 1. The molecule has 0 saturated carbocycles. The Hall–Kier alpha value is -1.61. The lowest BCUT2D eigenvalue weighted by Crippen LogP contribution is -2.65. The van der Waals surface area contributed by atoms with Crippen LogP contribution in [0.1, 0.15) is 6.92 Å². The second kappa shape index (κ2) is 3.19. The molecule has 0 spiro atoms. The summed E-state index contributed by atoms with van der Waals surface area (Å²) in [7, 11) is 0. The largest absolute Gasteiger partial charge is 0.367 e. The molecule has 16 heavy (non-hydrogen) atoms. The van der Waals surface area contributed by atoms with Crippen LogP contribution in [-0.4, -0.2) is 23.6 Å². The van der Waals surface area contributed by atoms with Gasteiger partial charge < -0.3 is 10.6 Å². The van der Waals surface area contributed by atoms with E-state index in [2.05, 4.69) is 35.0 Å². The first-order chi connectivity index (χ1) is 7.66. The first-order valence-electron chi connectivity index (χ1n) is 5.53. The highest BCUT2D eigenvalue weighted by Crippen LogP contribution is 2.31. The Morgan fingerprint density at radius 1 is 1.25 bits per heavy atom. The normalized spacial score (nSPS) is 18.5. The van der Waals surface area contributed by atoms with Crippen molar-refractivity contribution in [1.82, 2.24) is 4.98 Å². The number of hydrogen-bond donors (Lipinski definition) is 1. The lowest BCUT2D eigenvalue weighted by atomic mass is 9.92. The third kappa shape index (κ3) is 1.44. The Bertz CT molecular complexity index is 520. The lowest BCUT2D eigenvalue weighted by molar-refractivity contribution is 0.366. The van der Waals surface area contributed by atoms with E-state index in [0.717, 1.165) is 18.6 Å². The Labute approximate surface area is 94.9 Å². The van der Waals surface area contributed by atoms with Gasteiger partial charge in [-0.2, -0.15) is 0 Å². The molecule has 1 fully saturated rings. The van der Waals surface area contributed by atoms with E-state index in [-0.39, 0.29) is 5.54 Å². The van der Waals surface area contributed by atoms with E-state index in [1.165, 1.54) is 11.1 Å². The summed E-state index contributed by atoms with van der Waals surface area (Å²) in [6, 6.07) is 10.3. The molecule has 3 heteroatoms. The molecule has 2 heterocycles. The highest BCUT2D eigenvalue weighted by atomic mass is 15.2. The minimum atomic E-state index is -0.0373. The van der Waals surface area contributed by atoms with Gasteiger partial charge in [0.1, 0.15) is 0 Å². The highest BCUT2D eigenvalue weighted by molar-refractivity contribution is 5.91. The van der Waals surface area contributed by atoms with Crippen molar-refractivity contribution in [3.05, 3.63) is 36.5 Å². The van der Waals surface area contributed by atoms with Gasteiger partial charge in [-0.1, -0.05) is 18.2 Å². The number of hydrogen-bond acceptors (Lipinski definition) is 3. The summed E-state index contributed by atoms with van der Waals surface area (Å²) in [5.41, 5.74) is 8.29. The van der Waals surface area contributed by atoms with Gasteiger partial charge in [-0.05, 0) is 19.1 Å². The number of aromatic nitrogens is 1. The molecule has 82 valence electrons. The zero-order valence-corrected chi connectivity index (χ0v) is 9.35. The maximum Gasteiger partial charge on any atom is 0.0722 e. The molecule has 1 aromatic carbocycles. The van der Waals surface area contributed by atoms with Crippen LogP contribution in [0.25, 0.3) is 10.9 Å². The Balaban J connectivity index is 2.05. The molecule has 0 amide bonds. The summed E-state index contributed by atoms with van der Waals surface area (Å²) in [4.78, 5) is 6.67. The molecule has 2 aromatic rings. The fraction of sp³-hybridized carbons (Fsp3) is 0.308. The monoisotopic (exact) mass is 213 g/mol. The van der Waals surface area contributed by atoms with Crippen LogP contribution >= 0.6 is 0 Å². The fourth-order valence-electron chi connectivity index (χ4n) is 2.35. The number of nitrogens with zero attached hydrogens (tertiary/aromatic N) is 2. The van der Waals surface area contributed by atoms with E-state index in [1.807, 2.05) is 18.3 Å². The van der Waals surface area contributed by atoms with Gasteiger partial charge in [0.05, 0.1) is 5.52 Å². The standard InChI is InChI=1S/C13H15N3/c1-13(14)8-16(9-13)12-6-7-15-11-5-3-2-4-10(11)12/h2-7H,8-9,14H2,1H3. The molecule has 1 aliphatic rings. The van der Waals surface area contributed by atoms with Crippen LogP contribution < -0.4 is 10.6 Å². The van der Waals surface area contributed by atoms with Gasteiger partial charge in [-0.3, -0.25) is 4.98 Å². The maximum atomic E-state index is 6.04. The summed E-state index contributed by atoms with van der Waals surface area (Å²) in [6.45, 7) is 3.93. The average Bonchev–Trinajstić information content (AvgIpc) is 2.25. The minimum Gasteiger partial charge on any atom is -0.367 e. The van der Waals surface area contributed by atoms with Crippen molar-refractivity contribution < 1.29 is 0 Å². The molecule has 2 N–H and O–H groups in total. The van der Waals surface area contributed by atoms with Gasteiger partial charge in [-0.25, -0.2) is 0 Å². The number of fused-ring (bicyclic) bond motifs is 1. The highest BCUT2D eigenvalue weighted by Gasteiger charge is 2.35. The van der Waals surface area contributed by atoms with Crippen molar-refractivity contribution in [2.24, 2.45) is 5.73 Å². The van der Waals surface area contributed by atoms with Crippen LogP contribution in [0.15, 0.2) is 36.5 Å². The quantitative estimate of drug-likeness (QED) is 0.785. The van der Waals surface area contributed by atoms with Crippen LogP contribution in [0.4, 0.5) is 5.69 Å². The van der Waals surface area contributed by atoms with Crippen LogP contribution in [-0.2, 0) is 0 Å². The van der Waals surface area contributed by atoms with Crippen LogP contribution in [0, 0.1) is 0 Å². The average molecular weight is 213 g/mol. The molecule has 0 aliphatic carbocycles. The zero-order valence-electron chi connectivity index (χ0n) is 9.35. The fourth-order valence-corrected chi connectivity index (χ4v) is 2.35. The first-order valence-corrected chi connectivity index (χ1v) is 5.53. The SMILES string of the molecule is CC1(N)CN(c2ccnc3ccccc23)C1. The summed E-state index contributed by atoms with van der Waals surface area (Å²) in [5, 5.41) is 1.21. The van der Waals surface area contributed by atoms with Crippen molar-refractivity contribution in [3.63, 3.8) is 0 Å². The van der Waals surface area contributed by atoms with E-state index in [0.29, 0.717) is 0 Å². The zero-order chi connectivity index (χ0) is 11.2.